The fraction of sp³-hybridized carbons (Fsp3) is 0.316. The molecule has 0 saturated carbocycles. The van der Waals surface area contributed by atoms with E-state index in [9.17, 15) is 14.3 Å². The molecule has 2 saturated heterocycles. The van der Waals surface area contributed by atoms with Gasteiger partial charge >= 0.3 is 0 Å². The standard InChI is InChI=1S/C19H19FN2O2/c20-15-4-2-1-3-14(15)12-5-7-13(8-6-12)19-16-9-21-10-18(24)22(16)17(19)11-23/h1-8,16-17,19,21,23H,9-11H2/t16-,17+,19-/m0/s1. The summed E-state index contributed by atoms with van der Waals surface area (Å²) in [4.78, 5) is 13.8. The summed E-state index contributed by atoms with van der Waals surface area (Å²) in [6.45, 7) is 1.04. The number of carbonyl (C=O) groups is 1. The first kappa shape index (κ1) is 15.3. The Balaban J connectivity index is 1.61. The number of piperazine rings is 1. The summed E-state index contributed by atoms with van der Waals surface area (Å²) in [5.74, 6) is -0.0821. The van der Waals surface area contributed by atoms with Crippen LogP contribution < -0.4 is 5.32 Å². The Bertz CT molecular complexity index is 756. The molecule has 2 aliphatic rings. The molecule has 0 bridgehead atoms. The molecule has 124 valence electrons. The molecule has 2 N–H and O–H groups in total. The van der Waals surface area contributed by atoms with E-state index in [1.54, 1.807) is 17.0 Å². The fourth-order valence-corrected chi connectivity index (χ4v) is 3.99. The van der Waals surface area contributed by atoms with Crippen LogP contribution in [0.25, 0.3) is 11.1 Å². The highest BCUT2D eigenvalue weighted by Crippen LogP contribution is 2.41. The highest BCUT2D eigenvalue weighted by atomic mass is 19.1. The van der Waals surface area contributed by atoms with Crippen molar-refractivity contribution in [2.75, 3.05) is 19.7 Å². The molecule has 2 fully saturated rings. The van der Waals surface area contributed by atoms with E-state index in [1.807, 2.05) is 30.3 Å². The van der Waals surface area contributed by atoms with Gasteiger partial charge in [0.2, 0.25) is 5.91 Å². The Labute approximate surface area is 139 Å². The van der Waals surface area contributed by atoms with Crippen LogP contribution in [0, 0.1) is 5.82 Å². The monoisotopic (exact) mass is 326 g/mol. The number of aliphatic hydroxyl groups excluding tert-OH is 1. The molecule has 0 unspecified atom stereocenters. The number of benzene rings is 2. The first-order valence-electron chi connectivity index (χ1n) is 8.18. The van der Waals surface area contributed by atoms with Crippen LogP contribution in [0.1, 0.15) is 11.5 Å². The van der Waals surface area contributed by atoms with Crippen molar-refractivity contribution in [3.63, 3.8) is 0 Å². The molecular weight excluding hydrogens is 307 g/mol. The van der Waals surface area contributed by atoms with Gasteiger partial charge in [-0.05, 0) is 17.2 Å². The SMILES string of the molecule is O=C1CNC[C@H]2[C@H](c3ccc(-c4ccccc4F)cc3)[C@@H](CO)N12. The first-order valence-corrected chi connectivity index (χ1v) is 8.18. The summed E-state index contributed by atoms with van der Waals surface area (Å²) in [5, 5.41) is 12.8. The topological polar surface area (TPSA) is 52.6 Å². The predicted octanol–water partition coefficient (Wildman–Crippen LogP) is 1.75. The van der Waals surface area contributed by atoms with E-state index in [4.69, 9.17) is 0 Å². The maximum Gasteiger partial charge on any atom is 0.237 e. The van der Waals surface area contributed by atoms with Crippen LogP contribution in [0.5, 0.6) is 0 Å². The first-order chi connectivity index (χ1) is 11.7. The third kappa shape index (κ3) is 2.32. The largest absolute Gasteiger partial charge is 0.394 e. The Morgan fingerprint density at radius 1 is 1.17 bits per heavy atom. The van der Waals surface area contributed by atoms with E-state index in [0.717, 1.165) is 17.7 Å². The van der Waals surface area contributed by atoms with E-state index in [2.05, 4.69) is 5.32 Å². The summed E-state index contributed by atoms with van der Waals surface area (Å²) in [5.41, 5.74) is 2.48. The van der Waals surface area contributed by atoms with E-state index in [0.29, 0.717) is 12.1 Å². The summed E-state index contributed by atoms with van der Waals surface area (Å²) < 4.78 is 13.9. The van der Waals surface area contributed by atoms with E-state index < -0.39 is 0 Å². The summed E-state index contributed by atoms with van der Waals surface area (Å²) >= 11 is 0. The third-order valence-electron chi connectivity index (χ3n) is 5.13. The maximum atomic E-state index is 13.9. The van der Waals surface area contributed by atoms with Gasteiger partial charge in [0.15, 0.2) is 0 Å². The Hall–Kier alpha value is -2.24. The summed E-state index contributed by atoms with van der Waals surface area (Å²) in [7, 11) is 0. The smallest absolute Gasteiger partial charge is 0.237 e. The Morgan fingerprint density at radius 3 is 2.62 bits per heavy atom. The molecule has 0 radical (unpaired) electrons. The second kappa shape index (κ2) is 6.00. The van der Waals surface area contributed by atoms with Gasteiger partial charge in [-0.2, -0.15) is 0 Å². The fourth-order valence-electron chi connectivity index (χ4n) is 3.99. The van der Waals surface area contributed by atoms with Crippen LogP contribution in [0.4, 0.5) is 4.39 Å². The van der Waals surface area contributed by atoms with Gasteiger partial charge in [0.05, 0.1) is 25.2 Å². The zero-order valence-electron chi connectivity index (χ0n) is 13.2. The highest BCUT2D eigenvalue weighted by molar-refractivity contribution is 5.81. The van der Waals surface area contributed by atoms with Gasteiger partial charge in [0.25, 0.3) is 0 Å². The normalized spacial score (nSPS) is 26.0. The molecule has 5 heteroatoms. The molecule has 2 aromatic carbocycles. The van der Waals surface area contributed by atoms with Gasteiger partial charge in [-0.3, -0.25) is 4.79 Å². The number of fused-ring (bicyclic) bond motifs is 1. The quantitative estimate of drug-likeness (QED) is 0.904. The summed E-state index contributed by atoms with van der Waals surface area (Å²) in [6.07, 6.45) is 0. The van der Waals surface area contributed by atoms with Crippen LogP contribution in [0.3, 0.4) is 0 Å². The van der Waals surface area contributed by atoms with Gasteiger partial charge in [0, 0.05) is 18.0 Å². The molecular formula is C19H19FN2O2. The van der Waals surface area contributed by atoms with Crippen molar-refractivity contribution in [1.82, 2.24) is 10.2 Å². The average Bonchev–Trinajstić information content (AvgIpc) is 2.58. The molecule has 0 aliphatic carbocycles. The minimum Gasteiger partial charge on any atom is -0.394 e. The molecule has 2 aromatic rings. The van der Waals surface area contributed by atoms with E-state index in [-0.39, 0.29) is 36.3 Å². The maximum absolute atomic E-state index is 13.9. The number of aliphatic hydroxyl groups is 1. The van der Waals surface area contributed by atoms with Crippen molar-refractivity contribution < 1.29 is 14.3 Å². The van der Waals surface area contributed by atoms with Crippen LogP contribution in [-0.2, 0) is 4.79 Å². The number of hydrogen-bond donors (Lipinski definition) is 2. The number of hydrogen-bond acceptors (Lipinski definition) is 3. The number of carbonyl (C=O) groups excluding carboxylic acids is 1. The molecule has 2 heterocycles. The van der Waals surface area contributed by atoms with Crippen molar-refractivity contribution >= 4 is 5.91 Å². The lowest BCUT2D eigenvalue weighted by Crippen LogP contribution is -2.72. The van der Waals surface area contributed by atoms with Gasteiger partial charge < -0.3 is 15.3 Å². The number of halogens is 1. The minimum atomic E-state index is -0.240. The second-order valence-electron chi connectivity index (χ2n) is 6.38. The Morgan fingerprint density at radius 2 is 1.92 bits per heavy atom. The predicted molar refractivity (Wildman–Crippen MR) is 89.0 cm³/mol. The number of nitrogens with zero attached hydrogens (tertiary/aromatic N) is 1. The second-order valence-corrected chi connectivity index (χ2v) is 6.38. The zero-order valence-corrected chi connectivity index (χ0v) is 13.2. The molecule has 0 aromatic heterocycles. The number of amides is 1. The molecule has 0 spiro atoms. The van der Waals surface area contributed by atoms with Crippen LogP contribution in [-0.4, -0.2) is 47.7 Å². The lowest BCUT2D eigenvalue weighted by molar-refractivity contribution is -0.153. The molecule has 4 nitrogen and oxygen atoms in total. The lowest BCUT2D eigenvalue weighted by Gasteiger charge is -2.57. The molecule has 1 amide bonds. The van der Waals surface area contributed by atoms with E-state index >= 15 is 0 Å². The third-order valence-corrected chi connectivity index (χ3v) is 5.13. The molecule has 24 heavy (non-hydrogen) atoms. The van der Waals surface area contributed by atoms with Crippen molar-refractivity contribution in [3.05, 3.63) is 59.9 Å². The van der Waals surface area contributed by atoms with Crippen LogP contribution in [0.15, 0.2) is 48.5 Å². The van der Waals surface area contributed by atoms with Crippen molar-refractivity contribution in [1.29, 1.82) is 0 Å². The van der Waals surface area contributed by atoms with E-state index in [1.165, 1.54) is 6.07 Å². The molecule has 4 rings (SSSR count). The van der Waals surface area contributed by atoms with Crippen LogP contribution >= 0.6 is 0 Å². The highest BCUT2D eigenvalue weighted by Gasteiger charge is 2.52. The molecule has 3 atom stereocenters. The van der Waals surface area contributed by atoms with Crippen molar-refractivity contribution in [2.24, 2.45) is 0 Å². The van der Waals surface area contributed by atoms with Crippen LogP contribution in [0.2, 0.25) is 0 Å². The van der Waals surface area contributed by atoms with Crippen molar-refractivity contribution in [3.8, 4) is 11.1 Å². The zero-order chi connectivity index (χ0) is 16.7. The number of rotatable bonds is 3. The van der Waals surface area contributed by atoms with Crippen molar-refractivity contribution in [2.45, 2.75) is 18.0 Å². The average molecular weight is 326 g/mol. The van der Waals surface area contributed by atoms with Gasteiger partial charge in [-0.1, -0.05) is 42.5 Å². The minimum absolute atomic E-state index is 0.0397. The van der Waals surface area contributed by atoms with Gasteiger partial charge in [-0.25, -0.2) is 4.39 Å². The van der Waals surface area contributed by atoms with Gasteiger partial charge in [0.1, 0.15) is 5.82 Å². The Kier molecular flexibility index (Phi) is 3.82. The van der Waals surface area contributed by atoms with Gasteiger partial charge in [-0.15, -0.1) is 0 Å². The number of nitrogens with one attached hydrogen (secondary N) is 1. The lowest BCUT2D eigenvalue weighted by atomic mass is 9.74. The molecule has 2 aliphatic heterocycles. The summed E-state index contributed by atoms with van der Waals surface area (Å²) in [6, 6.07) is 14.4.